The van der Waals surface area contributed by atoms with Gasteiger partial charge in [-0.3, -0.25) is 0 Å². The van der Waals surface area contributed by atoms with Gasteiger partial charge in [0.2, 0.25) is 0 Å². The summed E-state index contributed by atoms with van der Waals surface area (Å²) in [7, 11) is 5.94. The number of nitrogens with zero attached hydrogens (tertiary/aromatic N) is 5. The zero-order chi connectivity index (χ0) is 23.1. The van der Waals surface area contributed by atoms with Crippen LogP contribution >= 0.6 is 11.8 Å². The molecule has 32 heavy (non-hydrogen) atoms. The van der Waals surface area contributed by atoms with Gasteiger partial charge in [-0.25, -0.2) is 4.98 Å². The summed E-state index contributed by atoms with van der Waals surface area (Å²) in [4.78, 5) is 9.05. The highest BCUT2D eigenvalue weighted by Crippen LogP contribution is 2.34. The van der Waals surface area contributed by atoms with Crippen molar-refractivity contribution in [1.29, 1.82) is 10.5 Å². The van der Waals surface area contributed by atoms with Crippen molar-refractivity contribution in [2.45, 2.75) is 30.2 Å². The molecule has 0 spiro atoms. The minimum atomic E-state index is 0.0362. The highest BCUT2D eigenvalue weighted by Gasteiger charge is 2.27. The van der Waals surface area contributed by atoms with Crippen LogP contribution in [0.1, 0.15) is 29.2 Å². The molecule has 7 nitrogen and oxygen atoms in total. The van der Waals surface area contributed by atoms with Gasteiger partial charge in [0.1, 0.15) is 23.0 Å². The van der Waals surface area contributed by atoms with E-state index in [2.05, 4.69) is 51.5 Å². The molecule has 0 aliphatic carbocycles. The molecule has 2 aromatic rings. The SMILES string of the molecule is CCc1c(C#N)c(SCc2ccc(N(C)C)cc2)nc(N2CCOC(CNC)C2)c1C#N. The number of anilines is 2. The number of ether oxygens (including phenoxy) is 1. The van der Waals surface area contributed by atoms with Crippen molar-refractivity contribution in [3.05, 3.63) is 46.5 Å². The largest absolute Gasteiger partial charge is 0.378 e. The number of nitriles is 2. The fourth-order valence-electron chi connectivity index (χ4n) is 3.82. The minimum absolute atomic E-state index is 0.0362. The maximum atomic E-state index is 9.94. The molecule has 0 amide bonds. The zero-order valence-corrected chi connectivity index (χ0v) is 20.0. The molecule has 3 rings (SSSR count). The first kappa shape index (κ1) is 23.9. The highest BCUT2D eigenvalue weighted by atomic mass is 32.2. The molecule has 0 saturated carbocycles. The topological polar surface area (TPSA) is 88.2 Å². The summed E-state index contributed by atoms with van der Waals surface area (Å²) in [5, 5.41) is 23.7. The summed E-state index contributed by atoms with van der Waals surface area (Å²) in [5.74, 6) is 1.37. The van der Waals surface area contributed by atoms with Crippen LogP contribution < -0.4 is 15.1 Å². The third-order valence-corrected chi connectivity index (χ3v) is 6.57. The lowest BCUT2D eigenvalue weighted by atomic mass is 10.0. The predicted octanol–water partition coefficient (Wildman–Crippen LogP) is 3.17. The van der Waals surface area contributed by atoms with E-state index in [0.717, 1.165) is 23.4 Å². The van der Waals surface area contributed by atoms with E-state index in [0.29, 0.717) is 53.8 Å². The molecule has 1 aromatic carbocycles. The van der Waals surface area contributed by atoms with Crippen molar-refractivity contribution in [3.63, 3.8) is 0 Å². The van der Waals surface area contributed by atoms with Crippen LogP contribution in [0.15, 0.2) is 29.3 Å². The second kappa shape index (κ2) is 11.2. The van der Waals surface area contributed by atoms with Crippen molar-refractivity contribution in [3.8, 4) is 12.1 Å². The van der Waals surface area contributed by atoms with Crippen LogP contribution in [0.25, 0.3) is 0 Å². The Bertz CT molecular complexity index is 1010. The maximum absolute atomic E-state index is 9.94. The molecule has 0 bridgehead atoms. The molecule has 1 saturated heterocycles. The van der Waals surface area contributed by atoms with Crippen LogP contribution in [0.2, 0.25) is 0 Å². The van der Waals surface area contributed by atoms with Crippen molar-refractivity contribution >= 4 is 23.3 Å². The number of hydrogen-bond donors (Lipinski definition) is 1. The Balaban J connectivity index is 1.94. The molecule has 1 N–H and O–H groups in total. The normalized spacial score (nSPS) is 15.8. The number of likely N-dealkylation sites (N-methyl/N-ethyl adjacent to an activating group) is 1. The molecule has 0 radical (unpaired) electrons. The van der Waals surface area contributed by atoms with Gasteiger partial charge in [0.25, 0.3) is 0 Å². The Morgan fingerprint density at radius 2 is 1.94 bits per heavy atom. The van der Waals surface area contributed by atoms with E-state index in [1.54, 1.807) is 11.8 Å². The van der Waals surface area contributed by atoms with Gasteiger partial charge in [0.05, 0.1) is 23.8 Å². The average molecular weight is 451 g/mol. The van der Waals surface area contributed by atoms with Gasteiger partial charge in [-0.05, 0) is 36.7 Å². The lowest BCUT2D eigenvalue weighted by Gasteiger charge is -2.34. The first-order valence-corrected chi connectivity index (χ1v) is 11.8. The Hall–Kier alpha value is -2.78. The Labute approximate surface area is 195 Å². The third-order valence-electron chi connectivity index (χ3n) is 5.52. The smallest absolute Gasteiger partial charge is 0.148 e. The second-order valence-corrected chi connectivity index (χ2v) is 8.86. The average Bonchev–Trinajstić information content (AvgIpc) is 2.82. The number of benzene rings is 1. The molecular weight excluding hydrogens is 420 g/mol. The summed E-state index contributed by atoms with van der Waals surface area (Å²) < 4.78 is 5.83. The lowest BCUT2D eigenvalue weighted by Crippen LogP contribution is -2.47. The van der Waals surface area contributed by atoms with E-state index in [9.17, 15) is 10.5 Å². The fraction of sp³-hybridized carbons (Fsp3) is 0.458. The van der Waals surface area contributed by atoms with Gasteiger partial charge in [-0.15, -0.1) is 11.8 Å². The fourth-order valence-corrected chi connectivity index (χ4v) is 4.78. The van der Waals surface area contributed by atoms with Crippen molar-refractivity contribution in [1.82, 2.24) is 10.3 Å². The van der Waals surface area contributed by atoms with E-state index >= 15 is 0 Å². The number of hydrogen-bond acceptors (Lipinski definition) is 8. The molecular formula is C24H30N6OS. The van der Waals surface area contributed by atoms with Crippen LogP contribution in [-0.4, -0.2) is 58.5 Å². The van der Waals surface area contributed by atoms with Crippen molar-refractivity contribution < 1.29 is 4.74 Å². The number of thioether (sulfide) groups is 1. The third kappa shape index (κ3) is 5.34. The molecule has 1 unspecified atom stereocenters. The first-order valence-electron chi connectivity index (χ1n) is 10.8. The first-order chi connectivity index (χ1) is 15.5. The van der Waals surface area contributed by atoms with Crippen molar-refractivity contribution in [2.24, 2.45) is 0 Å². The molecule has 2 heterocycles. The standard InChI is InChI=1S/C24H30N6OS/c1-5-20-21(12-25)23(30-10-11-31-19(15-30)14-27-2)28-24(22(20)13-26)32-16-17-6-8-18(9-7-17)29(3)4/h6-9,19,27H,5,10-11,14-16H2,1-4H3. The predicted molar refractivity (Wildman–Crippen MR) is 129 cm³/mol. The molecule has 1 atom stereocenters. The molecule has 1 aliphatic heterocycles. The van der Waals surface area contributed by atoms with Crippen LogP contribution in [0.4, 0.5) is 11.5 Å². The van der Waals surface area contributed by atoms with E-state index < -0.39 is 0 Å². The van der Waals surface area contributed by atoms with E-state index in [1.165, 1.54) is 0 Å². The van der Waals surface area contributed by atoms with E-state index in [1.807, 2.05) is 28.1 Å². The summed E-state index contributed by atoms with van der Waals surface area (Å²) >= 11 is 1.55. The minimum Gasteiger partial charge on any atom is -0.378 e. The summed E-state index contributed by atoms with van der Waals surface area (Å²) in [6.45, 7) is 4.64. The summed E-state index contributed by atoms with van der Waals surface area (Å²) in [6.07, 6.45) is 0.644. The lowest BCUT2D eigenvalue weighted by molar-refractivity contribution is 0.0418. The van der Waals surface area contributed by atoms with Crippen LogP contribution in [0, 0.1) is 22.7 Å². The molecule has 1 aliphatic rings. The van der Waals surface area contributed by atoms with Gasteiger partial charge in [-0.2, -0.15) is 10.5 Å². The molecule has 168 valence electrons. The number of pyridine rings is 1. The Morgan fingerprint density at radius 3 is 2.53 bits per heavy atom. The van der Waals surface area contributed by atoms with Crippen LogP contribution in [0.5, 0.6) is 0 Å². The van der Waals surface area contributed by atoms with E-state index in [-0.39, 0.29) is 6.10 Å². The quantitative estimate of drug-likeness (QED) is 0.614. The van der Waals surface area contributed by atoms with Gasteiger partial charge in [0.15, 0.2) is 0 Å². The Kier molecular flexibility index (Phi) is 8.35. The molecule has 1 aromatic heterocycles. The van der Waals surface area contributed by atoms with E-state index in [4.69, 9.17) is 9.72 Å². The number of nitrogens with one attached hydrogen (secondary N) is 1. The maximum Gasteiger partial charge on any atom is 0.148 e. The highest BCUT2D eigenvalue weighted by molar-refractivity contribution is 7.98. The van der Waals surface area contributed by atoms with Gasteiger partial charge in [0, 0.05) is 45.2 Å². The van der Waals surface area contributed by atoms with Gasteiger partial charge < -0.3 is 19.9 Å². The van der Waals surface area contributed by atoms with Gasteiger partial charge in [-0.1, -0.05) is 19.1 Å². The monoisotopic (exact) mass is 450 g/mol. The second-order valence-electron chi connectivity index (χ2n) is 7.89. The zero-order valence-electron chi connectivity index (χ0n) is 19.2. The number of rotatable bonds is 8. The summed E-state index contributed by atoms with van der Waals surface area (Å²) in [5.41, 5.74) is 4.11. The Morgan fingerprint density at radius 1 is 1.22 bits per heavy atom. The van der Waals surface area contributed by atoms with Crippen molar-refractivity contribution in [2.75, 3.05) is 57.2 Å². The molecule has 1 fully saturated rings. The number of aromatic nitrogens is 1. The van der Waals surface area contributed by atoms with Crippen LogP contribution in [0.3, 0.4) is 0 Å². The van der Waals surface area contributed by atoms with Gasteiger partial charge >= 0.3 is 0 Å². The summed E-state index contributed by atoms with van der Waals surface area (Å²) in [6, 6.07) is 13.0. The number of morpholine rings is 1. The van der Waals surface area contributed by atoms with Crippen LogP contribution in [-0.2, 0) is 16.9 Å². The molecule has 8 heteroatoms.